The molecule has 0 atom stereocenters. The number of halogens is 3. The van der Waals surface area contributed by atoms with E-state index in [1.807, 2.05) is 0 Å². The van der Waals surface area contributed by atoms with Crippen LogP contribution in [-0.2, 0) is 20.4 Å². The zero-order chi connectivity index (χ0) is 16.3. The first-order valence-corrected chi connectivity index (χ1v) is 6.61. The van der Waals surface area contributed by atoms with Crippen molar-refractivity contribution >= 4 is 11.5 Å². The van der Waals surface area contributed by atoms with E-state index in [2.05, 4.69) is 0 Å². The van der Waals surface area contributed by atoms with Crippen LogP contribution in [0.2, 0.25) is 0 Å². The fraction of sp³-hybridized carbons (Fsp3) is 0.400. The molecule has 0 fully saturated rings. The number of ether oxygens (including phenoxy) is 2. The standard InChI is InChI=1S/C15H16F3NO3/c1-21-7-6-19-9-12(22-2)13(14(19)20)10-4-3-5-11(8-10)15(16,17)18/h3-5,8H,6-7,9H2,1-2H3. The lowest BCUT2D eigenvalue weighted by Crippen LogP contribution is -2.30. The van der Waals surface area contributed by atoms with Gasteiger partial charge in [-0.2, -0.15) is 13.2 Å². The molecule has 0 radical (unpaired) electrons. The Hall–Kier alpha value is -2.02. The number of amides is 1. The maximum Gasteiger partial charge on any atom is 0.416 e. The molecule has 120 valence electrons. The lowest BCUT2D eigenvalue weighted by atomic mass is 10.0. The minimum atomic E-state index is -4.46. The number of hydrogen-bond donors (Lipinski definition) is 0. The number of hydrogen-bond acceptors (Lipinski definition) is 3. The van der Waals surface area contributed by atoms with Crippen LogP contribution in [0.1, 0.15) is 11.1 Å². The van der Waals surface area contributed by atoms with Crippen molar-refractivity contribution in [3.8, 4) is 0 Å². The molecule has 0 spiro atoms. The number of nitrogens with zero attached hydrogens (tertiary/aromatic N) is 1. The smallest absolute Gasteiger partial charge is 0.416 e. The maximum atomic E-state index is 12.8. The van der Waals surface area contributed by atoms with Crippen LogP contribution in [0, 0.1) is 0 Å². The highest BCUT2D eigenvalue weighted by atomic mass is 19.4. The second kappa shape index (κ2) is 6.39. The molecule has 2 rings (SSSR count). The summed E-state index contributed by atoms with van der Waals surface area (Å²) in [5.74, 6) is 0.00801. The van der Waals surface area contributed by atoms with Crippen molar-refractivity contribution in [2.45, 2.75) is 6.18 Å². The van der Waals surface area contributed by atoms with Crippen molar-refractivity contribution in [1.82, 2.24) is 4.90 Å². The van der Waals surface area contributed by atoms with E-state index < -0.39 is 11.7 Å². The third-order valence-corrected chi connectivity index (χ3v) is 3.40. The van der Waals surface area contributed by atoms with E-state index in [9.17, 15) is 18.0 Å². The Balaban J connectivity index is 2.35. The van der Waals surface area contributed by atoms with E-state index in [4.69, 9.17) is 9.47 Å². The first-order valence-electron chi connectivity index (χ1n) is 6.61. The first kappa shape index (κ1) is 16.4. The third-order valence-electron chi connectivity index (χ3n) is 3.40. The van der Waals surface area contributed by atoms with Crippen LogP contribution in [-0.4, -0.2) is 44.7 Å². The van der Waals surface area contributed by atoms with Crippen molar-refractivity contribution in [1.29, 1.82) is 0 Å². The normalized spacial score (nSPS) is 15.7. The van der Waals surface area contributed by atoms with E-state index in [0.717, 1.165) is 12.1 Å². The second-order valence-electron chi connectivity index (χ2n) is 4.80. The number of methoxy groups -OCH3 is 2. The van der Waals surface area contributed by atoms with Crippen molar-refractivity contribution < 1.29 is 27.4 Å². The number of carbonyl (C=O) groups is 1. The second-order valence-corrected chi connectivity index (χ2v) is 4.80. The SMILES string of the molecule is COCCN1CC(OC)=C(c2cccc(C(F)(F)F)c2)C1=O. The van der Waals surface area contributed by atoms with Gasteiger partial charge in [0.1, 0.15) is 5.76 Å². The fourth-order valence-corrected chi connectivity index (χ4v) is 2.29. The molecule has 0 aliphatic carbocycles. The van der Waals surface area contributed by atoms with Gasteiger partial charge in [-0.1, -0.05) is 12.1 Å². The first-order chi connectivity index (χ1) is 10.4. The number of rotatable bonds is 5. The minimum absolute atomic E-state index is 0.171. The van der Waals surface area contributed by atoms with Crippen LogP contribution >= 0.6 is 0 Å². The molecule has 1 aromatic carbocycles. The van der Waals surface area contributed by atoms with Gasteiger partial charge in [0.05, 0.1) is 31.4 Å². The lowest BCUT2D eigenvalue weighted by molar-refractivity contribution is -0.137. The van der Waals surface area contributed by atoms with Crippen molar-refractivity contribution in [2.24, 2.45) is 0 Å². The van der Waals surface area contributed by atoms with Crippen LogP contribution in [0.4, 0.5) is 13.2 Å². The summed E-state index contributed by atoms with van der Waals surface area (Å²) in [5, 5.41) is 0. The van der Waals surface area contributed by atoms with Crippen LogP contribution in [0.25, 0.3) is 5.57 Å². The van der Waals surface area contributed by atoms with E-state index in [-0.39, 0.29) is 23.6 Å². The van der Waals surface area contributed by atoms with Gasteiger partial charge in [-0.15, -0.1) is 0 Å². The van der Waals surface area contributed by atoms with Gasteiger partial charge < -0.3 is 14.4 Å². The summed E-state index contributed by atoms with van der Waals surface area (Å²) in [5.41, 5.74) is -0.419. The van der Waals surface area contributed by atoms with Crippen LogP contribution in [0.3, 0.4) is 0 Å². The van der Waals surface area contributed by atoms with Gasteiger partial charge in [-0.25, -0.2) is 0 Å². The summed E-state index contributed by atoms with van der Waals surface area (Å²) in [6.07, 6.45) is -4.46. The molecule has 1 heterocycles. The molecule has 0 bridgehead atoms. The molecule has 0 unspecified atom stereocenters. The van der Waals surface area contributed by atoms with Gasteiger partial charge in [0, 0.05) is 13.7 Å². The predicted octanol–water partition coefficient (Wildman–Crippen LogP) is 2.55. The van der Waals surface area contributed by atoms with E-state index >= 15 is 0 Å². The Morgan fingerprint density at radius 1 is 1.27 bits per heavy atom. The van der Waals surface area contributed by atoms with E-state index in [1.54, 1.807) is 0 Å². The Labute approximate surface area is 126 Å². The summed E-state index contributed by atoms with van der Waals surface area (Å²) in [6, 6.07) is 4.69. The van der Waals surface area contributed by atoms with Gasteiger partial charge in [0.25, 0.3) is 5.91 Å². The number of carbonyl (C=O) groups excluding carboxylic acids is 1. The Morgan fingerprint density at radius 2 is 2.00 bits per heavy atom. The highest BCUT2D eigenvalue weighted by Crippen LogP contribution is 2.34. The van der Waals surface area contributed by atoms with Gasteiger partial charge >= 0.3 is 6.18 Å². The molecule has 0 saturated heterocycles. The topological polar surface area (TPSA) is 38.8 Å². The lowest BCUT2D eigenvalue weighted by Gasteiger charge is -2.15. The molecular weight excluding hydrogens is 299 g/mol. The molecule has 1 aromatic rings. The van der Waals surface area contributed by atoms with Gasteiger partial charge in [-0.3, -0.25) is 4.79 Å². The molecule has 0 saturated carbocycles. The average Bonchev–Trinajstić information content (AvgIpc) is 2.80. The monoisotopic (exact) mass is 315 g/mol. The minimum Gasteiger partial charge on any atom is -0.498 e. The maximum absolute atomic E-state index is 12.8. The predicted molar refractivity (Wildman–Crippen MR) is 73.8 cm³/mol. The van der Waals surface area contributed by atoms with Crippen LogP contribution in [0.5, 0.6) is 0 Å². The summed E-state index contributed by atoms with van der Waals surface area (Å²) in [7, 11) is 2.91. The molecular formula is C15H16F3NO3. The van der Waals surface area contributed by atoms with Crippen molar-refractivity contribution in [3.63, 3.8) is 0 Å². The number of alkyl halides is 3. The highest BCUT2D eigenvalue weighted by molar-refractivity contribution is 6.22. The van der Waals surface area contributed by atoms with Crippen molar-refractivity contribution in [2.75, 3.05) is 33.9 Å². The van der Waals surface area contributed by atoms with Crippen molar-refractivity contribution in [3.05, 3.63) is 41.2 Å². The third kappa shape index (κ3) is 3.24. The Bertz CT molecular complexity index is 596. The summed E-state index contributed by atoms with van der Waals surface area (Å²) in [4.78, 5) is 13.9. The Kier molecular flexibility index (Phi) is 4.75. The molecule has 4 nitrogen and oxygen atoms in total. The van der Waals surface area contributed by atoms with Gasteiger partial charge in [-0.05, 0) is 17.7 Å². The highest BCUT2D eigenvalue weighted by Gasteiger charge is 2.35. The molecule has 7 heteroatoms. The molecule has 1 aliphatic rings. The average molecular weight is 315 g/mol. The molecule has 0 aromatic heterocycles. The van der Waals surface area contributed by atoms with Crippen LogP contribution in [0.15, 0.2) is 30.0 Å². The zero-order valence-electron chi connectivity index (χ0n) is 12.2. The van der Waals surface area contributed by atoms with Gasteiger partial charge in [0.2, 0.25) is 0 Å². The molecule has 1 amide bonds. The quantitative estimate of drug-likeness (QED) is 0.838. The molecule has 0 N–H and O–H groups in total. The molecule has 22 heavy (non-hydrogen) atoms. The largest absolute Gasteiger partial charge is 0.498 e. The van der Waals surface area contributed by atoms with E-state index in [0.29, 0.717) is 18.9 Å². The number of benzene rings is 1. The van der Waals surface area contributed by atoms with Crippen LogP contribution < -0.4 is 0 Å². The van der Waals surface area contributed by atoms with E-state index in [1.165, 1.54) is 31.3 Å². The Morgan fingerprint density at radius 3 is 2.59 bits per heavy atom. The summed E-state index contributed by atoms with van der Waals surface area (Å²) < 4.78 is 48.5. The summed E-state index contributed by atoms with van der Waals surface area (Å²) >= 11 is 0. The zero-order valence-corrected chi connectivity index (χ0v) is 12.2. The summed E-state index contributed by atoms with van der Waals surface area (Å²) in [6.45, 7) is 0.924. The van der Waals surface area contributed by atoms with Gasteiger partial charge in [0.15, 0.2) is 0 Å². The fourth-order valence-electron chi connectivity index (χ4n) is 2.29. The molecule has 1 aliphatic heterocycles.